The molecule has 0 unspecified atom stereocenters. The van der Waals surface area contributed by atoms with Gasteiger partial charge in [-0.3, -0.25) is 4.79 Å². The average Bonchev–Trinajstić information content (AvgIpc) is 2.86. The first kappa shape index (κ1) is 15.5. The van der Waals surface area contributed by atoms with Gasteiger partial charge in [-0.05, 0) is 31.2 Å². The summed E-state index contributed by atoms with van der Waals surface area (Å²) in [5.41, 5.74) is 5.90. The van der Waals surface area contributed by atoms with Crippen LogP contribution in [0.3, 0.4) is 0 Å². The summed E-state index contributed by atoms with van der Waals surface area (Å²) >= 11 is 5.78. The zero-order valence-corrected chi connectivity index (χ0v) is 12.7. The monoisotopic (exact) mass is 328 g/mol. The minimum absolute atomic E-state index is 0.216. The van der Waals surface area contributed by atoms with E-state index in [1.807, 2.05) is 0 Å². The van der Waals surface area contributed by atoms with Gasteiger partial charge < -0.3 is 10.2 Å². The fraction of sp³-hybridized carbons (Fsp3) is 0.231. The first-order valence-electron chi connectivity index (χ1n) is 6.01. The summed E-state index contributed by atoms with van der Waals surface area (Å²) in [6, 6.07) is 6.76. The fourth-order valence-corrected chi connectivity index (χ4v) is 2.88. The molecule has 0 radical (unpaired) electrons. The highest BCUT2D eigenvalue weighted by molar-refractivity contribution is 7.92. The summed E-state index contributed by atoms with van der Waals surface area (Å²) in [4.78, 5) is 15.1. The Morgan fingerprint density at radius 3 is 2.57 bits per heavy atom. The van der Waals surface area contributed by atoms with Gasteiger partial charge in [0.05, 0.1) is 11.4 Å². The molecule has 0 bridgehead atoms. The Kier molecular flexibility index (Phi) is 4.34. The fourth-order valence-electron chi connectivity index (χ4n) is 1.61. The molecule has 112 valence electrons. The van der Waals surface area contributed by atoms with Crippen molar-refractivity contribution < 1.29 is 17.6 Å². The number of hydrogen-bond donors (Lipinski definition) is 1. The molecular weight excluding hydrogens is 316 g/mol. The standard InChI is InChI=1S/C13H13ClN2O4S/c1-8(12(15)17)21(18,19)7-11-6-20-13(16-11)9-2-4-10(14)5-3-9/h2-6,8H,7H2,1H3,(H2,15,17)/t8-/m1/s1. The number of primary amides is 1. The van der Waals surface area contributed by atoms with Crippen molar-refractivity contribution in [1.82, 2.24) is 4.98 Å². The molecule has 6 nitrogen and oxygen atoms in total. The molecule has 0 fully saturated rings. The number of hydrogen-bond acceptors (Lipinski definition) is 5. The van der Waals surface area contributed by atoms with Crippen LogP contribution in [-0.2, 0) is 20.4 Å². The Morgan fingerprint density at radius 1 is 1.38 bits per heavy atom. The van der Waals surface area contributed by atoms with Crippen molar-refractivity contribution in [1.29, 1.82) is 0 Å². The van der Waals surface area contributed by atoms with Gasteiger partial charge in [0.1, 0.15) is 11.5 Å². The summed E-state index contributed by atoms with van der Waals surface area (Å²) in [5, 5.41) is -0.698. The smallest absolute Gasteiger partial charge is 0.235 e. The zero-order chi connectivity index (χ0) is 15.6. The van der Waals surface area contributed by atoms with Crippen LogP contribution < -0.4 is 5.73 Å². The molecular formula is C13H13ClN2O4S. The van der Waals surface area contributed by atoms with Crippen LogP contribution in [0.5, 0.6) is 0 Å². The average molecular weight is 329 g/mol. The van der Waals surface area contributed by atoms with Crippen LogP contribution in [0.4, 0.5) is 0 Å². The van der Waals surface area contributed by atoms with Gasteiger partial charge in [0.15, 0.2) is 9.84 Å². The molecule has 1 aromatic heterocycles. The third kappa shape index (κ3) is 3.62. The number of sulfone groups is 1. The van der Waals surface area contributed by atoms with Crippen molar-refractivity contribution >= 4 is 27.3 Å². The van der Waals surface area contributed by atoms with Crippen LogP contribution in [-0.4, -0.2) is 24.6 Å². The molecule has 1 heterocycles. The van der Waals surface area contributed by atoms with Crippen LogP contribution in [0.15, 0.2) is 34.9 Å². The second-order valence-corrected chi connectivity index (χ2v) is 7.26. The number of oxazole rings is 1. The Hall–Kier alpha value is -1.86. The van der Waals surface area contributed by atoms with Crippen molar-refractivity contribution in [3.05, 3.63) is 41.2 Å². The highest BCUT2D eigenvalue weighted by Crippen LogP contribution is 2.22. The first-order chi connectivity index (χ1) is 9.79. The lowest BCUT2D eigenvalue weighted by atomic mass is 10.2. The molecule has 1 amide bonds. The summed E-state index contributed by atoms with van der Waals surface area (Å²) in [6.45, 7) is 1.25. The van der Waals surface area contributed by atoms with Gasteiger partial charge in [0.2, 0.25) is 11.8 Å². The van der Waals surface area contributed by atoms with Crippen molar-refractivity contribution in [3.8, 4) is 11.5 Å². The van der Waals surface area contributed by atoms with Crippen LogP contribution in [0.2, 0.25) is 5.02 Å². The zero-order valence-electron chi connectivity index (χ0n) is 11.1. The number of nitrogens with two attached hydrogens (primary N) is 1. The summed E-state index contributed by atoms with van der Waals surface area (Å²) in [7, 11) is -3.71. The van der Waals surface area contributed by atoms with Gasteiger partial charge in [-0.15, -0.1) is 0 Å². The molecule has 1 aromatic carbocycles. The SMILES string of the molecule is C[C@H](C(N)=O)S(=O)(=O)Cc1coc(-c2ccc(Cl)cc2)n1. The second-order valence-electron chi connectivity index (χ2n) is 4.50. The van der Waals surface area contributed by atoms with Crippen LogP contribution >= 0.6 is 11.6 Å². The van der Waals surface area contributed by atoms with Crippen LogP contribution in [0.25, 0.3) is 11.5 Å². The van der Waals surface area contributed by atoms with E-state index in [1.54, 1.807) is 24.3 Å². The maximum absolute atomic E-state index is 11.9. The predicted molar refractivity (Wildman–Crippen MR) is 78.2 cm³/mol. The quantitative estimate of drug-likeness (QED) is 0.901. The molecule has 2 aromatic rings. The van der Waals surface area contributed by atoms with Gasteiger partial charge in [-0.2, -0.15) is 0 Å². The molecule has 1 atom stereocenters. The molecule has 21 heavy (non-hydrogen) atoms. The van der Waals surface area contributed by atoms with E-state index in [1.165, 1.54) is 13.2 Å². The van der Waals surface area contributed by atoms with Gasteiger partial charge in [-0.1, -0.05) is 11.6 Å². The minimum atomic E-state index is -3.71. The summed E-state index contributed by atoms with van der Waals surface area (Å²) in [6.07, 6.45) is 1.25. The minimum Gasteiger partial charge on any atom is -0.444 e. The summed E-state index contributed by atoms with van der Waals surface area (Å²) in [5.74, 6) is -1.02. The number of amides is 1. The van der Waals surface area contributed by atoms with Crippen LogP contribution in [0, 0.1) is 0 Å². The molecule has 0 spiro atoms. The second kappa shape index (κ2) is 5.87. The Morgan fingerprint density at radius 2 is 2.00 bits per heavy atom. The lowest BCUT2D eigenvalue weighted by Gasteiger charge is -2.06. The van der Waals surface area contributed by atoms with E-state index in [9.17, 15) is 13.2 Å². The number of rotatable bonds is 5. The van der Waals surface area contributed by atoms with Gasteiger partial charge in [0.25, 0.3) is 0 Å². The number of aromatic nitrogens is 1. The Balaban J connectivity index is 2.21. The Bertz CT molecular complexity index is 753. The van der Waals surface area contributed by atoms with E-state index >= 15 is 0 Å². The molecule has 0 aliphatic heterocycles. The summed E-state index contributed by atoms with van der Waals surface area (Å²) < 4.78 is 29.1. The van der Waals surface area contributed by atoms with Gasteiger partial charge in [-0.25, -0.2) is 13.4 Å². The van der Waals surface area contributed by atoms with Crippen molar-refractivity contribution in [2.75, 3.05) is 0 Å². The lowest BCUT2D eigenvalue weighted by molar-refractivity contribution is -0.117. The first-order valence-corrected chi connectivity index (χ1v) is 8.10. The van der Waals surface area contributed by atoms with E-state index in [-0.39, 0.29) is 11.6 Å². The molecule has 0 saturated carbocycles. The van der Waals surface area contributed by atoms with E-state index < -0.39 is 26.7 Å². The highest BCUT2D eigenvalue weighted by atomic mass is 35.5. The van der Waals surface area contributed by atoms with Crippen molar-refractivity contribution in [3.63, 3.8) is 0 Å². The van der Waals surface area contributed by atoms with E-state index in [0.29, 0.717) is 10.6 Å². The molecule has 0 aliphatic rings. The van der Waals surface area contributed by atoms with E-state index in [0.717, 1.165) is 0 Å². The maximum atomic E-state index is 11.9. The maximum Gasteiger partial charge on any atom is 0.235 e. The normalized spacial score (nSPS) is 13.0. The molecule has 2 N–H and O–H groups in total. The molecule has 0 saturated heterocycles. The van der Waals surface area contributed by atoms with E-state index in [4.69, 9.17) is 21.8 Å². The lowest BCUT2D eigenvalue weighted by Crippen LogP contribution is -2.34. The van der Waals surface area contributed by atoms with Gasteiger partial charge in [0, 0.05) is 10.6 Å². The van der Waals surface area contributed by atoms with Crippen LogP contribution in [0.1, 0.15) is 12.6 Å². The number of carbonyl (C=O) groups is 1. The van der Waals surface area contributed by atoms with Gasteiger partial charge >= 0.3 is 0 Å². The topological polar surface area (TPSA) is 103 Å². The Labute approximate surface area is 126 Å². The number of halogens is 1. The van der Waals surface area contributed by atoms with E-state index in [2.05, 4.69) is 4.98 Å². The highest BCUT2D eigenvalue weighted by Gasteiger charge is 2.27. The van der Waals surface area contributed by atoms with Crippen molar-refractivity contribution in [2.24, 2.45) is 5.73 Å². The predicted octanol–water partition coefficient (Wildman–Crippen LogP) is 1.78. The number of carbonyl (C=O) groups excluding carboxylic acids is 1. The number of nitrogens with zero attached hydrogens (tertiary/aromatic N) is 1. The molecule has 8 heteroatoms. The largest absolute Gasteiger partial charge is 0.444 e. The third-order valence-corrected chi connectivity index (χ3v) is 5.19. The molecule has 0 aliphatic carbocycles. The number of benzene rings is 1. The third-order valence-electron chi connectivity index (χ3n) is 2.93. The van der Waals surface area contributed by atoms with Crippen molar-refractivity contribution in [2.45, 2.75) is 17.9 Å². The molecule has 2 rings (SSSR count).